The molecule has 172 valence electrons. The summed E-state index contributed by atoms with van der Waals surface area (Å²) in [6.07, 6.45) is 2.09. The molecule has 7 heteroatoms. The van der Waals surface area contributed by atoms with Crippen molar-refractivity contribution < 1.29 is 14.3 Å². The van der Waals surface area contributed by atoms with Crippen molar-refractivity contribution in [2.45, 2.75) is 65.7 Å². The van der Waals surface area contributed by atoms with Gasteiger partial charge >= 0.3 is 0 Å². The summed E-state index contributed by atoms with van der Waals surface area (Å²) in [7, 11) is 1.65. The second-order valence-corrected chi connectivity index (χ2v) is 11.1. The number of aryl methyl sites for hydroxylation is 1. The lowest BCUT2D eigenvalue weighted by Gasteiger charge is -2.27. The van der Waals surface area contributed by atoms with Crippen LogP contribution < -0.4 is 10.3 Å². The average molecular weight is 520 g/mol. The smallest absolute Gasteiger partial charge is 0.260 e. The lowest BCUT2D eigenvalue weighted by Crippen LogP contribution is -2.41. The van der Waals surface area contributed by atoms with Gasteiger partial charge in [-0.1, -0.05) is 18.2 Å². The van der Waals surface area contributed by atoms with Crippen LogP contribution in [0.25, 0.3) is 10.1 Å². The van der Waals surface area contributed by atoms with Crippen molar-refractivity contribution in [1.29, 1.82) is 0 Å². The van der Waals surface area contributed by atoms with Crippen LogP contribution in [0.4, 0.5) is 0 Å². The van der Waals surface area contributed by atoms with Crippen LogP contribution in [-0.4, -0.2) is 23.6 Å². The Bertz CT molecular complexity index is 1210. The number of methoxy groups -OCH3 is 1. The summed E-state index contributed by atoms with van der Waals surface area (Å²) in [6, 6.07) is 7.83. The predicted molar refractivity (Wildman–Crippen MR) is 134 cm³/mol. The van der Waals surface area contributed by atoms with Crippen molar-refractivity contribution in [2.24, 2.45) is 0 Å². The van der Waals surface area contributed by atoms with Crippen LogP contribution in [-0.2, 0) is 21.5 Å². The molecule has 1 atom stereocenters. The molecule has 2 heterocycles. The normalized spacial score (nSPS) is 13.0. The third-order valence-electron chi connectivity index (χ3n) is 5.89. The first-order chi connectivity index (χ1) is 15.0. The second kappa shape index (κ2) is 9.49. The average Bonchev–Trinajstić information content (AvgIpc) is 3.03. The molecule has 0 spiro atoms. The van der Waals surface area contributed by atoms with Crippen molar-refractivity contribution in [3.63, 3.8) is 0 Å². The Balaban J connectivity index is 2.26. The van der Waals surface area contributed by atoms with Crippen molar-refractivity contribution >= 4 is 43.1 Å². The summed E-state index contributed by atoms with van der Waals surface area (Å²) in [5.41, 5.74) is 1.70. The van der Waals surface area contributed by atoms with Gasteiger partial charge in [0.05, 0.1) is 28.5 Å². The molecule has 0 unspecified atom stereocenters. The Labute approximate surface area is 201 Å². The van der Waals surface area contributed by atoms with Gasteiger partial charge in [0.1, 0.15) is 11.3 Å². The number of rotatable bonds is 8. The summed E-state index contributed by atoms with van der Waals surface area (Å²) in [4.78, 5) is 25.9. The number of hydrogen-bond acceptors (Lipinski definition) is 5. The number of fused-ring (bicyclic) bond motifs is 1. The van der Waals surface area contributed by atoms with Crippen LogP contribution in [0, 0.1) is 6.92 Å². The third-order valence-corrected chi connectivity index (χ3v) is 8.13. The number of Topliss-reactive ketones (excluding diaryl/α,β-unsaturated/α-hetero) is 1. The van der Waals surface area contributed by atoms with E-state index in [1.54, 1.807) is 36.9 Å². The molecule has 0 bridgehead atoms. The number of ether oxygens (including phenoxy) is 2. The zero-order chi connectivity index (χ0) is 23.8. The van der Waals surface area contributed by atoms with E-state index < -0.39 is 5.54 Å². The largest absolute Gasteiger partial charge is 0.496 e. The Morgan fingerprint density at radius 3 is 2.50 bits per heavy atom. The molecule has 5 nitrogen and oxygen atoms in total. The van der Waals surface area contributed by atoms with Gasteiger partial charge in [-0.25, -0.2) is 0 Å². The molecule has 0 aliphatic heterocycles. The first-order valence-electron chi connectivity index (χ1n) is 10.6. The van der Waals surface area contributed by atoms with Crippen LogP contribution in [0.1, 0.15) is 57.4 Å². The first kappa shape index (κ1) is 24.7. The van der Waals surface area contributed by atoms with E-state index >= 15 is 0 Å². The van der Waals surface area contributed by atoms with Gasteiger partial charge in [0.15, 0.2) is 5.78 Å². The highest BCUT2D eigenvalue weighted by Gasteiger charge is 2.30. The minimum atomic E-state index is -0.959. The van der Waals surface area contributed by atoms with E-state index in [2.05, 4.69) is 15.9 Å². The molecule has 3 aromatic rings. The van der Waals surface area contributed by atoms with Crippen LogP contribution in [0.15, 0.2) is 39.0 Å². The van der Waals surface area contributed by atoms with Gasteiger partial charge in [0.2, 0.25) is 0 Å². The molecule has 0 aliphatic rings. The number of ketones is 1. The zero-order valence-electron chi connectivity index (χ0n) is 19.6. The molecule has 0 amide bonds. The highest BCUT2D eigenvalue weighted by molar-refractivity contribution is 9.11. The molecule has 0 radical (unpaired) electrons. The molecule has 0 aliphatic carbocycles. The Morgan fingerprint density at radius 2 is 1.91 bits per heavy atom. The molecular weight excluding hydrogens is 490 g/mol. The number of aromatic nitrogens is 1. The lowest BCUT2D eigenvalue weighted by molar-refractivity contribution is -0.124. The standard InChI is InChI=1S/C25H30BrNO4S/c1-14(2)31-20(18-10-8-9-11-19(18)30-7)12-17-13-27(25(5,6)16(4)28)24(29)21-15(3)23(26)32-22(17)21/h8-11,13-14,20H,12H2,1-7H3/t20-/m0/s1. The minimum Gasteiger partial charge on any atom is -0.496 e. The van der Waals surface area contributed by atoms with Crippen molar-refractivity contribution in [3.8, 4) is 5.75 Å². The Hall–Kier alpha value is -1.96. The van der Waals surface area contributed by atoms with Gasteiger partial charge in [-0.05, 0) is 74.7 Å². The van der Waals surface area contributed by atoms with Crippen LogP contribution in [0.2, 0.25) is 0 Å². The number of halogens is 1. The molecule has 32 heavy (non-hydrogen) atoms. The number of thiophene rings is 1. The molecule has 1 aromatic carbocycles. The molecule has 0 fully saturated rings. The number of hydrogen-bond donors (Lipinski definition) is 0. The van der Waals surface area contributed by atoms with E-state index in [1.165, 1.54) is 6.92 Å². The van der Waals surface area contributed by atoms with Gasteiger partial charge < -0.3 is 14.0 Å². The number of carbonyl (C=O) groups excluding carboxylic acids is 1. The fourth-order valence-electron chi connectivity index (χ4n) is 3.79. The van der Waals surface area contributed by atoms with E-state index in [-0.39, 0.29) is 23.6 Å². The van der Waals surface area contributed by atoms with Crippen molar-refractivity contribution in [1.82, 2.24) is 4.57 Å². The maximum Gasteiger partial charge on any atom is 0.260 e. The van der Waals surface area contributed by atoms with Gasteiger partial charge in [0, 0.05) is 22.9 Å². The third kappa shape index (κ3) is 4.56. The SMILES string of the molecule is COc1ccccc1[C@H](Cc1cn(C(C)(C)C(C)=O)c(=O)c2c(C)c(Br)sc12)OC(C)C. The van der Waals surface area contributed by atoms with Gasteiger partial charge in [-0.15, -0.1) is 11.3 Å². The number of nitrogens with zero attached hydrogens (tertiary/aromatic N) is 1. The van der Waals surface area contributed by atoms with E-state index in [4.69, 9.17) is 9.47 Å². The number of para-hydroxylation sites is 1. The summed E-state index contributed by atoms with van der Waals surface area (Å²) in [5.74, 6) is 0.687. The fraction of sp³-hybridized carbons (Fsp3) is 0.440. The highest BCUT2D eigenvalue weighted by Crippen LogP contribution is 2.39. The van der Waals surface area contributed by atoms with Crippen molar-refractivity contribution in [3.05, 3.63) is 61.3 Å². The van der Waals surface area contributed by atoms with Gasteiger partial charge in [0.25, 0.3) is 5.56 Å². The zero-order valence-corrected chi connectivity index (χ0v) is 22.0. The Kier molecular flexibility index (Phi) is 7.32. The highest BCUT2D eigenvalue weighted by atomic mass is 79.9. The van der Waals surface area contributed by atoms with E-state index in [0.717, 1.165) is 30.9 Å². The second-order valence-electron chi connectivity index (χ2n) is 8.77. The first-order valence-corrected chi connectivity index (χ1v) is 12.2. The Morgan fingerprint density at radius 1 is 1.25 bits per heavy atom. The van der Waals surface area contributed by atoms with Crippen LogP contribution >= 0.6 is 27.3 Å². The van der Waals surface area contributed by atoms with Gasteiger partial charge in [-0.3, -0.25) is 9.59 Å². The summed E-state index contributed by atoms with van der Waals surface area (Å²) >= 11 is 5.15. The van der Waals surface area contributed by atoms with Crippen LogP contribution in [0.5, 0.6) is 5.75 Å². The van der Waals surface area contributed by atoms with E-state index in [0.29, 0.717) is 11.8 Å². The van der Waals surface area contributed by atoms with E-state index in [1.807, 2.05) is 51.2 Å². The summed E-state index contributed by atoms with van der Waals surface area (Å²) in [6.45, 7) is 11.0. The lowest BCUT2D eigenvalue weighted by atomic mass is 9.96. The predicted octanol–water partition coefficient (Wildman–Crippen LogP) is 6.18. The molecule has 2 aromatic heterocycles. The summed E-state index contributed by atoms with van der Waals surface area (Å²) < 4.78 is 15.3. The number of carbonyl (C=O) groups is 1. The van der Waals surface area contributed by atoms with Crippen LogP contribution in [0.3, 0.4) is 0 Å². The monoisotopic (exact) mass is 519 g/mol. The molecule has 0 saturated carbocycles. The van der Waals surface area contributed by atoms with Gasteiger partial charge in [-0.2, -0.15) is 0 Å². The number of pyridine rings is 1. The quantitative estimate of drug-likeness (QED) is 0.356. The minimum absolute atomic E-state index is 0.00298. The van der Waals surface area contributed by atoms with E-state index in [9.17, 15) is 9.59 Å². The maximum atomic E-state index is 13.4. The van der Waals surface area contributed by atoms with Crippen molar-refractivity contribution in [2.75, 3.05) is 7.11 Å². The fourth-order valence-corrected chi connectivity index (χ4v) is 5.51. The summed E-state index contributed by atoms with van der Waals surface area (Å²) in [5, 5.41) is 0.650. The molecular formula is C25H30BrNO4S. The molecule has 3 rings (SSSR count). The molecule has 0 saturated heterocycles. The topological polar surface area (TPSA) is 57.5 Å². The number of benzene rings is 1. The molecule has 0 N–H and O–H groups in total. The maximum absolute atomic E-state index is 13.4.